The molecule has 0 aliphatic rings. The van der Waals surface area contributed by atoms with E-state index in [4.69, 9.17) is 14.4 Å². The maximum absolute atomic E-state index is 6.84. The number of nitrogens with zero attached hydrogens (tertiary/aromatic N) is 3. The SMILES string of the molecule is c1ccc(-c2ccc(-c3nc(-n4c5ccc(C(c6ccccc6)(c6ccccc6)c6ccccc6)cc5c5ccc6c7ccccc7oc6c54)nc4ccccc34)cc2)cc1. The Balaban J connectivity index is 1.17. The third-order valence-corrected chi connectivity index (χ3v) is 12.4. The average molecular weight is 780 g/mol. The molecule has 12 aromatic rings. The summed E-state index contributed by atoms with van der Waals surface area (Å²) >= 11 is 0. The van der Waals surface area contributed by atoms with Crippen LogP contribution < -0.4 is 0 Å². The fourth-order valence-corrected chi connectivity index (χ4v) is 9.62. The Morgan fingerprint density at radius 2 is 0.918 bits per heavy atom. The zero-order chi connectivity index (χ0) is 40.3. The third-order valence-electron chi connectivity index (χ3n) is 12.4. The lowest BCUT2D eigenvalue weighted by molar-refractivity contribution is 0.671. The van der Waals surface area contributed by atoms with Crippen molar-refractivity contribution >= 4 is 54.6 Å². The van der Waals surface area contributed by atoms with Gasteiger partial charge in [-0.25, -0.2) is 9.97 Å². The Morgan fingerprint density at radius 1 is 0.377 bits per heavy atom. The van der Waals surface area contributed by atoms with Gasteiger partial charge in [-0.15, -0.1) is 0 Å². The summed E-state index contributed by atoms with van der Waals surface area (Å²) in [5.41, 5.74) is 12.8. The molecule has 0 saturated carbocycles. The van der Waals surface area contributed by atoms with Crippen LogP contribution in [0.15, 0.2) is 229 Å². The molecular formula is C57H37N3O. The van der Waals surface area contributed by atoms with E-state index in [1.807, 2.05) is 24.3 Å². The van der Waals surface area contributed by atoms with Crippen LogP contribution in [0.5, 0.6) is 0 Å². The summed E-state index contributed by atoms with van der Waals surface area (Å²) < 4.78 is 9.07. The summed E-state index contributed by atoms with van der Waals surface area (Å²) in [6, 6.07) is 79.8. The molecule has 0 aliphatic heterocycles. The molecule has 0 bridgehead atoms. The molecule has 0 radical (unpaired) electrons. The van der Waals surface area contributed by atoms with Crippen molar-refractivity contribution < 1.29 is 4.42 Å². The highest BCUT2D eigenvalue weighted by atomic mass is 16.3. The summed E-state index contributed by atoms with van der Waals surface area (Å²) in [5, 5.41) is 5.28. The van der Waals surface area contributed by atoms with Crippen LogP contribution in [0.25, 0.3) is 83.0 Å². The second kappa shape index (κ2) is 14.0. The molecular weight excluding hydrogens is 743 g/mol. The molecule has 0 N–H and O–H groups in total. The van der Waals surface area contributed by atoms with E-state index in [0.29, 0.717) is 5.95 Å². The van der Waals surface area contributed by atoms with Crippen molar-refractivity contribution in [1.29, 1.82) is 0 Å². The van der Waals surface area contributed by atoms with Crippen LogP contribution >= 0.6 is 0 Å². The van der Waals surface area contributed by atoms with Gasteiger partial charge < -0.3 is 4.42 Å². The van der Waals surface area contributed by atoms with Gasteiger partial charge in [0.2, 0.25) is 5.95 Å². The smallest absolute Gasteiger partial charge is 0.235 e. The lowest BCUT2D eigenvalue weighted by atomic mass is 9.65. The molecule has 0 spiro atoms. The van der Waals surface area contributed by atoms with Gasteiger partial charge in [-0.1, -0.05) is 194 Å². The largest absolute Gasteiger partial charge is 0.454 e. The van der Waals surface area contributed by atoms with E-state index in [9.17, 15) is 0 Å². The number of fused-ring (bicyclic) bond motifs is 8. The van der Waals surface area contributed by atoms with Gasteiger partial charge in [0.1, 0.15) is 11.1 Å². The van der Waals surface area contributed by atoms with Gasteiger partial charge in [0, 0.05) is 32.5 Å². The van der Waals surface area contributed by atoms with Crippen molar-refractivity contribution in [2.45, 2.75) is 5.41 Å². The van der Waals surface area contributed by atoms with Crippen molar-refractivity contribution in [3.8, 4) is 28.3 Å². The zero-order valence-corrected chi connectivity index (χ0v) is 33.1. The van der Waals surface area contributed by atoms with E-state index in [-0.39, 0.29) is 0 Å². The molecule has 9 aromatic carbocycles. The first-order valence-electron chi connectivity index (χ1n) is 20.7. The van der Waals surface area contributed by atoms with Crippen LogP contribution in [0.3, 0.4) is 0 Å². The Kier molecular flexibility index (Phi) is 8.04. The maximum Gasteiger partial charge on any atom is 0.235 e. The van der Waals surface area contributed by atoms with Gasteiger partial charge in [0.25, 0.3) is 0 Å². The second-order valence-corrected chi connectivity index (χ2v) is 15.7. The fraction of sp³-hybridized carbons (Fsp3) is 0.0175. The number of hydrogen-bond acceptors (Lipinski definition) is 3. The standard InChI is InChI=1S/C57H37N3O/c1-5-17-38(18-6-1)39-29-31-40(32-30-39)53-48-26-13-15-27-50(48)58-56(59-53)60-51-36-33-44(37-49(51)46-34-35-47-45-25-14-16-28-52(45)61-55(47)54(46)60)57(41-19-7-2-8-20-41,42-21-9-3-10-22-42)43-23-11-4-12-24-43/h1-37H. The molecule has 0 amide bonds. The molecule has 12 rings (SSSR count). The Bertz CT molecular complexity index is 3460. The van der Waals surface area contributed by atoms with E-state index < -0.39 is 5.41 Å². The number of rotatable bonds is 7. The number of para-hydroxylation sites is 2. The van der Waals surface area contributed by atoms with Crippen molar-refractivity contribution in [2.75, 3.05) is 0 Å². The lowest BCUT2D eigenvalue weighted by Gasteiger charge is -2.37. The Hall–Kier alpha value is -8.08. The molecule has 61 heavy (non-hydrogen) atoms. The van der Waals surface area contributed by atoms with Gasteiger partial charge in [-0.2, -0.15) is 0 Å². The predicted octanol–water partition coefficient (Wildman–Crippen LogP) is 14.3. The van der Waals surface area contributed by atoms with Crippen LogP contribution in [0.2, 0.25) is 0 Å². The highest BCUT2D eigenvalue weighted by Gasteiger charge is 2.39. The van der Waals surface area contributed by atoms with Crippen molar-refractivity contribution in [3.05, 3.63) is 247 Å². The Morgan fingerprint density at radius 3 is 1.59 bits per heavy atom. The van der Waals surface area contributed by atoms with Crippen LogP contribution in [0.4, 0.5) is 0 Å². The van der Waals surface area contributed by atoms with E-state index in [1.54, 1.807) is 0 Å². The van der Waals surface area contributed by atoms with Crippen LogP contribution in [-0.4, -0.2) is 14.5 Å². The highest BCUT2D eigenvalue weighted by molar-refractivity contribution is 6.21. The normalized spacial score (nSPS) is 11.9. The summed E-state index contributed by atoms with van der Waals surface area (Å²) in [5.74, 6) is 0.585. The Labute approximate surface area is 352 Å². The molecule has 0 atom stereocenters. The fourth-order valence-electron chi connectivity index (χ4n) is 9.62. The second-order valence-electron chi connectivity index (χ2n) is 15.7. The van der Waals surface area contributed by atoms with Crippen LogP contribution in [-0.2, 0) is 5.41 Å². The van der Waals surface area contributed by atoms with E-state index in [1.165, 1.54) is 22.3 Å². The average Bonchev–Trinajstić information content (AvgIpc) is 3.89. The first kappa shape index (κ1) is 34.9. The molecule has 3 heterocycles. The van der Waals surface area contributed by atoms with Crippen molar-refractivity contribution in [1.82, 2.24) is 14.5 Å². The van der Waals surface area contributed by atoms with Gasteiger partial charge >= 0.3 is 0 Å². The predicted molar refractivity (Wildman–Crippen MR) is 250 cm³/mol. The summed E-state index contributed by atoms with van der Waals surface area (Å²) in [7, 11) is 0. The van der Waals surface area contributed by atoms with Gasteiger partial charge in [-0.05, 0) is 63.7 Å². The first-order chi connectivity index (χ1) is 30.3. The number of hydrogen-bond donors (Lipinski definition) is 0. The van der Waals surface area contributed by atoms with Crippen LogP contribution in [0.1, 0.15) is 22.3 Å². The number of aromatic nitrogens is 3. The van der Waals surface area contributed by atoms with Crippen LogP contribution in [0, 0.1) is 0 Å². The quantitative estimate of drug-likeness (QED) is 0.151. The van der Waals surface area contributed by atoms with Gasteiger partial charge in [0.05, 0.1) is 22.1 Å². The van der Waals surface area contributed by atoms with Crippen molar-refractivity contribution in [3.63, 3.8) is 0 Å². The number of furan rings is 1. The molecule has 0 unspecified atom stereocenters. The van der Waals surface area contributed by atoms with Crippen molar-refractivity contribution in [2.24, 2.45) is 0 Å². The zero-order valence-electron chi connectivity index (χ0n) is 33.1. The molecule has 4 nitrogen and oxygen atoms in total. The molecule has 0 aliphatic carbocycles. The maximum atomic E-state index is 6.84. The lowest BCUT2D eigenvalue weighted by Crippen LogP contribution is -2.30. The molecule has 3 aromatic heterocycles. The first-order valence-corrected chi connectivity index (χ1v) is 20.7. The molecule has 286 valence electrons. The van der Waals surface area contributed by atoms with E-state index in [0.717, 1.165) is 77.0 Å². The minimum atomic E-state index is -0.617. The van der Waals surface area contributed by atoms with Gasteiger partial charge in [-0.3, -0.25) is 4.57 Å². The summed E-state index contributed by atoms with van der Waals surface area (Å²) in [4.78, 5) is 10.9. The molecule has 0 fully saturated rings. The summed E-state index contributed by atoms with van der Waals surface area (Å²) in [6.45, 7) is 0. The topological polar surface area (TPSA) is 43.9 Å². The highest BCUT2D eigenvalue weighted by Crippen LogP contribution is 2.48. The molecule has 0 saturated heterocycles. The van der Waals surface area contributed by atoms with Gasteiger partial charge in [0.15, 0.2) is 5.58 Å². The van der Waals surface area contributed by atoms with E-state index >= 15 is 0 Å². The summed E-state index contributed by atoms with van der Waals surface area (Å²) in [6.07, 6.45) is 0. The van der Waals surface area contributed by atoms with E-state index in [2.05, 4.69) is 205 Å². The number of benzene rings is 9. The monoisotopic (exact) mass is 779 g/mol. The minimum Gasteiger partial charge on any atom is -0.454 e. The minimum absolute atomic E-state index is 0.585. The third kappa shape index (κ3) is 5.46. The molecule has 4 heteroatoms.